The Kier molecular flexibility index (Phi) is 6.75. The molecule has 0 saturated heterocycles. The number of hydrogen-bond acceptors (Lipinski definition) is 3. The van der Waals surface area contributed by atoms with Crippen LogP contribution in [-0.2, 0) is 6.42 Å². The normalized spacial score (nSPS) is 13.1. The van der Waals surface area contributed by atoms with E-state index in [0.717, 1.165) is 23.2 Å². The van der Waals surface area contributed by atoms with Crippen LogP contribution in [0.25, 0.3) is 0 Å². The third-order valence-corrected chi connectivity index (χ3v) is 3.81. The van der Waals surface area contributed by atoms with Crippen LogP contribution in [0.5, 0.6) is 0 Å². The fourth-order valence-electron chi connectivity index (χ4n) is 2.45. The number of carbonyl (C=O) groups excluding carboxylic acids is 1. The van der Waals surface area contributed by atoms with Gasteiger partial charge in [-0.15, -0.1) is 0 Å². The van der Waals surface area contributed by atoms with Gasteiger partial charge < -0.3 is 15.7 Å². The maximum absolute atomic E-state index is 11.9. The second kappa shape index (κ2) is 9.03. The molecule has 1 heterocycles. The van der Waals surface area contributed by atoms with E-state index in [4.69, 9.17) is 0 Å². The topological polar surface area (TPSA) is 74.2 Å². The zero-order valence-corrected chi connectivity index (χ0v) is 14.2. The van der Waals surface area contributed by atoms with E-state index in [9.17, 15) is 9.90 Å². The number of aliphatic hydroxyl groups is 1. The Balaban J connectivity index is 1.68. The second-order valence-corrected chi connectivity index (χ2v) is 6.02. The summed E-state index contributed by atoms with van der Waals surface area (Å²) in [5, 5.41) is 15.9. The summed E-state index contributed by atoms with van der Waals surface area (Å²) >= 11 is 0. The molecule has 2 rings (SSSR count). The first kappa shape index (κ1) is 17.9. The molecule has 24 heavy (non-hydrogen) atoms. The summed E-state index contributed by atoms with van der Waals surface area (Å²) in [5.74, 6) is 0. The zero-order valence-electron chi connectivity index (χ0n) is 14.2. The van der Waals surface area contributed by atoms with Gasteiger partial charge in [0, 0.05) is 24.5 Å². The summed E-state index contributed by atoms with van der Waals surface area (Å²) in [4.78, 5) is 16.1. The number of aromatic nitrogens is 1. The molecule has 0 fully saturated rings. The van der Waals surface area contributed by atoms with Gasteiger partial charge in [0.25, 0.3) is 0 Å². The first-order valence-corrected chi connectivity index (χ1v) is 8.23. The minimum atomic E-state index is -0.583. The number of nitrogens with zero attached hydrogens (tertiary/aromatic N) is 1. The molecule has 0 saturated carbocycles. The molecule has 2 aromatic rings. The van der Waals surface area contributed by atoms with E-state index < -0.39 is 6.10 Å². The van der Waals surface area contributed by atoms with Crippen molar-refractivity contribution in [3.63, 3.8) is 0 Å². The fraction of sp³-hybridized carbons (Fsp3) is 0.368. The van der Waals surface area contributed by atoms with Gasteiger partial charge in [0.05, 0.1) is 6.10 Å². The first-order chi connectivity index (χ1) is 11.5. The minimum absolute atomic E-state index is 0.124. The first-order valence-electron chi connectivity index (χ1n) is 8.23. The molecular formula is C19H25N3O2. The lowest BCUT2D eigenvalue weighted by Crippen LogP contribution is -2.42. The molecule has 2 amide bonds. The van der Waals surface area contributed by atoms with E-state index >= 15 is 0 Å². The van der Waals surface area contributed by atoms with E-state index in [0.29, 0.717) is 13.0 Å². The van der Waals surface area contributed by atoms with Gasteiger partial charge in [-0.05, 0) is 43.9 Å². The summed E-state index contributed by atoms with van der Waals surface area (Å²) in [5.41, 5.74) is 2.93. The molecule has 0 spiro atoms. The van der Waals surface area contributed by atoms with Gasteiger partial charge >= 0.3 is 6.03 Å². The molecule has 5 nitrogen and oxygen atoms in total. The van der Waals surface area contributed by atoms with Crippen LogP contribution >= 0.6 is 0 Å². The zero-order chi connectivity index (χ0) is 17.4. The van der Waals surface area contributed by atoms with Crippen molar-refractivity contribution in [3.8, 4) is 0 Å². The highest BCUT2D eigenvalue weighted by molar-refractivity contribution is 5.74. The molecule has 5 heteroatoms. The van der Waals surface area contributed by atoms with E-state index in [1.165, 1.54) is 0 Å². The van der Waals surface area contributed by atoms with Gasteiger partial charge in [-0.2, -0.15) is 0 Å². The maximum atomic E-state index is 11.9. The van der Waals surface area contributed by atoms with Crippen LogP contribution in [0.4, 0.5) is 4.79 Å². The highest BCUT2D eigenvalue weighted by atomic mass is 16.3. The Morgan fingerprint density at radius 1 is 1.21 bits per heavy atom. The van der Waals surface area contributed by atoms with Crippen LogP contribution < -0.4 is 10.6 Å². The minimum Gasteiger partial charge on any atom is -0.388 e. The van der Waals surface area contributed by atoms with Crippen LogP contribution in [-0.4, -0.2) is 28.7 Å². The molecule has 0 bridgehead atoms. The van der Waals surface area contributed by atoms with E-state index in [-0.39, 0.29) is 12.1 Å². The number of hydrogen-bond donors (Lipinski definition) is 3. The Labute approximate surface area is 143 Å². The number of carbonyl (C=O) groups is 1. The van der Waals surface area contributed by atoms with Crippen molar-refractivity contribution in [2.24, 2.45) is 0 Å². The molecule has 0 aliphatic carbocycles. The Bertz CT molecular complexity index is 629. The molecule has 1 aromatic heterocycles. The molecule has 128 valence electrons. The molecule has 0 aliphatic rings. The number of rotatable bonds is 7. The third kappa shape index (κ3) is 6.01. The van der Waals surface area contributed by atoms with E-state index in [1.54, 1.807) is 0 Å². The van der Waals surface area contributed by atoms with E-state index in [1.807, 2.05) is 62.5 Å². The number of nitrogens with one attached hydrogen (secondary N) is 2. The van der Waals surface area contributed by atoms with Crippen LogP contribution in [0.3, 0.4) is 0 Å². The molecule has 1 aromatic carbocycles. The highest BCUT2D eigenvalue weighted by Crippen LogP contribution is 2.17. The Morgan fingerprint density at radius 2 is 1.96 bits per heavy atom. The molecule has 2 atom stereocenters. The number of amides is 2. The quantitative estimate of drug-likeness (QED) is 0.732. The van der Waals surface area contributed by atoms with Crippen molar-refractivity contribution in [1.82, 2.24) is 15.6 Å². The highest BCUT2D eigenvalue weighted by Gasteiger charge is 2.13. The van der Waals surface area contributed by atoms with Gasteiger partial charge in [-0.3, -0.25) is 4.98 Å². The molecule has 0 aliphatic heterocycles. The monoisotopic (exact) mass is 327 g/mol. The van der Waals surface area contributed by atoms with Crippen molar-refractivity contribution in [1.29, 1.82) is 0 Å². The van der Waals surface area contributed by atoms with E-state index in [2.05, 4.69) is 15.6 Å². The predicted molar refractivity (Wildman–Crippen MR) is 94.7 cm³/mol. The van der Waals surface area contributed by atoms with Crippen LogP contribution in [0, 0.1) is 6.92 Å². The van der Waals surface area contributed by atoms with Crippen molar-refractivity contribution >= 4 is 6.03 Å². The smallest absolute Gasteiger partial charge is 0.315 e. The number of urea groups is 1. The van der Waals surface area contributed by atoms with Gasteiger partial charge in [0.2, 0.25) is 0 Å². The Hall–Kier alpha value is -2.40. The lowest BCUT2D eigenvalue weighted by molar-refractivity contribution is 0.154. The van der Waals surface area contributed by atoms with Crippen LogP contribution in [0.15, 0.2) is 48.7 Å². The average Bonchev–Trinajstić information content (AvgIpc) is 2.57. The van der Waals surface area contributed by atoms with Gasteiger partial charge in [0.1, 0.15) is 0 Å². The van der Waals surface area contributed by atoms with Crippen molar-refractivity contribution in [2.75, 3.05) is 6.54 Å². The summed E-state index contributed by atoms with van der Waals surface area (Å²) in [6, 6.07) is 13.1. The van der Waals surface area contributed by atoms with Crippen molar-refractivity contribution in [3.05, 3.63) is 65.5 Å². The maximum Gasteiger partial charge on any atom is 0.315 e. The second-order valence-electron chi connectivity index (χ2n) is 6.02. The molecule has 3 N–H and O–H groups in total. The summed E-state index contributed by atoms with van der Waals surface area (Å²) in [7, 11) is 0. The predicted octanol–water partition coefficient (Wildman–Crippen LogP) is 2.74. The molecule has 0 radical (unpaired) electrons. The number of pyridine rings is 1. The summed E-state index contributed by atoms with van der Waals surface area (Å²) in [6.45, 7) is 4.38. The standard InChI is InChI=1S/C19H25N3O2/c1-14-8-9-16(13-21-14)10-11-20-19(24)22-15(2)12-18(23)17-6-4-3-5-7-17/h3-9,13,15,18,23H,10-12H2,1-2H3,(H2,20,22,24). The van der Waals surface area contributed by atoms with Crippen molar-refractivity contribution < 1.29 is 9.90 Å². The van der Waals surface area contributed by atoms with Crippen LogP contribution in [0.2, 0.25) is 0 Å². The average molecular weight is 327 g/mol. The summed E-state index contributed by atoms with van der Waals surface area (Å²) < 4.78 is 0. The number of benzene rings is 1. The van der Waals surface area contributed by atoms with Gasteiger partial charge in [-0.25, -0.2) is 4.79 Å². The third-order valence-electron chi connectivity index (χ3n) is 3.81. The SMILES string of the molecule is Cc1ccc(CCNC(=O)NC(C)CC(O)c2ccccc2)cn1. The van der Waals surface area contributed by atoms with Gasteiger partial charge in [0.15, 0.2) is 0 Å². The lowest BCUT2D eigenvalue weighted by Gasteiger charge is -2.18. The number of aliphatic hydroxyl groups excluding tert-OH is 1. The van der Waals surface area contributed by atoms with Crippen LogP contribution in [0.1, 0.15) is 36.3 Å². The largest absolute Gasteiger partial charge is 0.388 e. The molecule has 2 unspecified atom stereocenters. The Morgan fingerprint density at radius 3 is 2.62 bits per heavy atom. The lowest BCUT2D eigenvalue weighted by atomic mass is 10.0. The number of aryl methyl sites for hydroxylation is 1. The fourth-order valence-corrected chi connectivity index (χ4v) is 2.45. The summed E-state index contributed by atoms with van der Waals surface area (Å²) in [6.07, 6.45) is 2.45. The van der Waals surface area contributed by atoms with Gasteiger partial charge in [-0.1, -0.05) is 36.4 Å². The molecular weight excluding hydrogens is 302 g/mol. The van der Waals surface area contributed by atoms with Crippen molar-refractivity contribution in [2.45, 2.75) is 38.8 Å².